The van der Waals surface area contributed by atoms with Gasteiger partial charge in [0.15, 0.2) is 0 Å². The van der Waals surface area contributed by atoms with Gasteiger partial charge in [-0.3, -0.25) is 0 Å². The number of hydrogen-bond acceptors (Lipinski definition) is 0. The number of hydrogen-bond donors (Lipinski definition) is 0. The van der Waals surface area contributed by atoms with E-state index in [1.54, 1.807) is 15.9 Å². The fourth-order valence-corrected chi connectivity index (χ4v) is 6.28. The second-order valence-electron chi connectivity index (χ2n) is 7.18. The third kappa shape index (κ3) is 3.32. The molecule has 0 aliphatic rings. The molecule has 0 saturated heterocycles. The van der Waals surface area contributed by atoms with E-state index in [0.29, 0.717) is 0 Å². The van der Waals surface area contributed by atoms with E-state index in [2.05, 4.69) is 65.3 Å². The van der Waals surface area contributed by atoms with Gasteiger partial charge in [-0.05, 0) is 18.9 Å². The summed E-state index contributed by atoms with van der Waals surface area (Å²) in [5.74, 6) is 0. The first-order valence-electron chi connectivity index (χ1n) is 6.72. The van der Waals surface area contributed by atoms with E-state index in [4.69, 9.17) is 0 Å². The molecule has 0 bridgehead atoms. The van der Waals surface area contributed by atoms with E-state index in [0.717, 1.165) is 0 Å². The zero-order chi connectivity index (χ0) is 13.4. The topological polar surface area (TPSA) is 0 Å². The maximum atomic E-state index is 2.52. The molecule has 0 amide bonds. The number of benzene rings is 1. The molecule has 0 N–H and O–H groups in total. The van der Waals surface area contributed by atoms with Crippen molar-refractivity contribution in [3.8, 4) is 0 Å². The molecule has 0 radical (unpaired) electrons. The van der Waals surface area contributed by atoms with Crippen LogP contribution in [0.1, 0.15) is 18.1 Å². The quantitative estimate of drug-likeness (QED) is 0.731. The summed E-state index contributed by atoms with van der Waals surface area (Å²) in [6.45, 7) is 19.3. The van der Waals surface area contributed by atoms with Gasteiger partial charge in [-0.15, -0.1) is 0 Å². The Balaban J connectivity index is 3.46. The molecular weight excluding hydrogens is 236 g/mol. The van der Waals surface area contributed by atoms with Gasteiger partial charge in [0.1, 0.15) is 0 Å². The van der Waals surface area contributed by atoms with Crippen LogP contribution in [0.2, 0.25) is 39.3 Å². The Kier molecular flexibility index (Phi) is 4.10. The van der Waals surface area contributed by atoms with E-state index in [1.165, 1.54) is 12.0 Å². The normalized spacial score (nSPS) is 12.9. The third-order valence-electron chi connectivity index (χ3n) is 3.45. The molecule has 0 spiro atoms. The summed E-state index contributed by atoms with van der Waals surface area (Å²) in [5, 5.41) is 3.32. The van der Waals surface area contributed by atoms with Gasteiger partial charge in [0.25, 0.3) is 0 Å². The average molecular weight is 265 g/mol. The summed E-state index contributed by atoms with van der Waals surface area (Å²) >= 11 is 0. The van der Waals surface area contributed by atoms with Crippen molar-refractivity contribution in [2.45, 2.75) is 59.6 Å². The van der Waals surface area contributed by atoms with Crippen molar-refractivity contribution in [3.05, 3.63) is 23.3 Å². The fourth-order valence-electron chi connectivity index (χ4n) is 2.55. The second kappa shape index (κ2) is 4.73. The van der Waals surface area contributed by atoms with Crippen LogP contribution in [-0.4, -0.2) is 16.1 Å². The van der Waals surface area contributed by atoms with Gasteiger partial charge in [-0.25, -0.2) is 0 Å². The van der Waals surface area contributed by atoms with Crippen LogP contribution in [0, 0.1) is 6.92 Å². The van der Waals surface area contributed by atoms with Gasteiger partial charge in [-0.2, -0.15) is 0 Å². The molecule has 17 heavy (non-hydrogen) atoms. The van der Waals surface area contributed by atoms with Gasteiger partial charge >= 0.3 is 0 Å². The lowest BCUT2D eigenvalue weighted by Crippen LogP contribution is -2.45. The predicted octanol–water partition coefficient (Wildman–Crippen LogP) is 3.65. The summed E-state index contributed by atoms with van der Waals surface area (Å²) in [6.07, 6.45) is 1.18. The minimum Gasteiger partial charge on any atom is -0.0656 e. The molecule has 2 heteroatoms. The largest absolute Gasteiger partial charge is 0.0779 e. The maximum Gasteiger partial charge on any atom is 0.0779 e. The highest BCUT2D eigenvalue weighted by molar-refractivity contribution is 6.90. The molecular formula is C15H28Si2. The molecule has 96 valence electrons. The molecule has 1 aromatic carbocycles. The summed E-state index contributed by atoms with van der Waals surface area (Å²) < 4.78 is 0. The van der Waals surface area contributed by atoms with Crippen LogP contribution in [-0.2, 0) is 6.42 Å². The molecule has 0 atom stereocenters. The van der Waals surface area contributed by atoms with Crippen molar-refractivity contribution in [1.29, 1.82) is 0 Å². The first-order valence-corrected chi connectivity index (χ1v) is 13.7. The smallest absolute Gasteiger partial charge is 0.0656 e. The van der Waals surface area contributed by atoms with E-state index >= 15 is 0 Å². The Morgan fingerprint density at radius 1 is 0.824 bits per heavy atom. The van der Waals surface area contributed by atoms with E-state index in [-0.39, 0.29) is 0 Å². The summed E-state index contributed by atoms with van der Waals surface area (Å²) in [5.41, 5.74) is 3.13. The van der Waals surface area contributed by atoms with Crippen LogP contribution in [0.15, 0.2) is 12.1 Å². The Bertz CT molecular complexity index is 406. The van der Waals surface area contributed by atoms with E-state index < -0.39 is 16.1 Å². The van der Waals surface area contributed by atoms with Crippen molar-refractivity contribution < 1.29 is 0 Å². The number of rotatable bonds is 3. The zero-order valence-electron chi connectivity index (χ0n) is 12.9. The van der Waals surface area contributed by atoms with Crippen molar-refractivity contribution in [2.75, 3.05) is 0 Å². The predicted molar refractivity (Wildman–Crippen MR) is 86.5 cm³/mol. The molecule has 0 aliphatic heterocycles. The average Bonchev–Trinajstić information content (AvgIpc) is 2.14. The van der Waals surface area contributed by atoms with Crippen molar-refractivity contribution in [2.24, 2.45) is 0 Å². The fraction of sp³-hybridized carbons (Fsp3) is 0.600. The molecule has 1 rings (SSSR count). The van der Waals surface area contributed by atoms with E-state index in [1.807, 2.05) is 0 Å². The first-order chi connectivity index (χ1) is 7.57. The Labute approximate surface area is 109 Å². The lowest BCUT2D eigenvalue weighted by Gasteiger charge is -2.27. The summed E-state index contributed by atoms with van der Waals surface area (Å²) in [7, 11) is -2.39. The molecule has 0 nitrogen and oxygen atoms in total. The zero-order valence-corrected chi connectivity index (χ0v) is 14.9. The highest BCUT2D eigenvalue weighted by atomic mass is 28.3. The summed E-state index contributed by atoms with van der Waals surface area (Å²) in [6, 6.07) is 5.02. The van der Waals surface area contributed by atoms with Gasteiger partial charge in [0, 0.05) is 0 Å². The minimum absolute atomic E-state index is 1.18. The minimum atomic E-state index is -1.20. The molecule has 1 aromatic rings. The molecule has 0 fully saturated rings. The summed E-state index contributed by atoms with van der Waals surface area (Å²) in [4.78, 5) is 0. The van der Waals surface area contributed by atoms with Gasteiger partial charge in [0.2, 0.25) is 0 Å². The molecule has 0 aliphatic carbocycles. The SMILES string of the molecule is CCc1cc([Si](C)(C)C)c(C)cc1[Si](C)(C)C. The van der Waals surface area contributed by atoms with E-state index in [9.17, 15) is 0 Å². The van der Waals surface area contributed by atoms with Crippen LogP contribution < -0.4 is 10.4 Å². The third-order valence-corrected chi connectivity index (χ3v) is 7.68. The van der Waals surface area contributed by atoms with Crippen LogP contribution in [0.5, 0.6) is 0 Å². The van der Waals surface area contributed by atoms with Crippen molar-refractivity contribution >= 4 is 26.5 Å². The maximum absolute atomic E-state index is 2.52. The molecule has 0 saturated carbocycles. The standard InChI is InChI=1S/C15H28Si2/c1-9-13-11-14(16(3,4)5)12(2)10-15(13)17(6,7)8/h10-11H,9H2,1-8H3. The monoisotopic (exact) mass is 264 g/mol. The highest BCUT2D eigenvalue weighted by Gasteiger charge is 2.24. The van der Waals surface area contributed by atoms with Crippen LogP contribution in [0.3, 0.4) is 0 Å². The Hall–Kier alpha value is -0.346. The van der Waals surface area contributed by atoms with Crippen LogP contribution >= 0.6 is 0 Å². The Morgan fingerprint density at radius 2 is 1.29 bits per heavy atom. The van der Waals surface area contributed by atoms with Crippen LogP contribution in [0.25, 0.3) is 0 Å². The molecule has 0 aromatic heterocycles. The second-order valence-corrected chi connectivity index (χ2v) is 17.3. The van der Waals surface area contributed by atoms with Crippen molar-refractivity contribution in [3.63, 3.8) is 0 Å². The molecule has 0 unspecified atom stereocenters. The first kappa shape index (κ1) is 14.7. The van der Waals surface area contributed by atoms with Gasteiger partial charge in [0.05, 0.1) is 16.1 Å². The number of aryl methyl sites for hydroxylation is 2. The van der Waals surface area contributed by atoms with Crippen LogP contribution in [0.4, 0.5) is 0 Å². The van der Waals surface area contributed by atoms with Crippen molar-refractivity contribution in [1.82, 2.24) is 0 Å². The lowest BCUT2D eigenvalue weighted by molar-refractivity contribution is 1.15. The molecule has 0 heterocycles. The lowest BCUT2D eigenvalue weighted by atomic mass is 10.1. The highest BCUT2D eigenvalue weighted by Crippen LogP contribution is 2.13. The Morgan fingerprint density at radius 3 is 1.65 bits per heavy atom. The van der Waals surface area contributed by atoms with Gasteiger partial charge < -0.3 is 0 Å². The van der Waals surface area contributed by atoms with Gasteiger partial charge in [-0.1, -0.05) is 74.3 Å².